The van der Waals surface area contributed by atoms with Crippen LogP contribution in [0.4, 0.5) is 13.6 Å². The van der Waals surface area contributed by atoms with Crippen LogP contribution in [0.2, 0.25) is 0 Å². The third-order valence-electron chi connectivity index (χ3n) is 7.17. The van der Waals surface area contributed by atoms with Gasteiger partial charge in [-0.25, -0.2) is 23.5 Å². The lowest BCUT2D eigenvalue weighted by Crippen LogP contribution is -2.58. The average Bonchev–Trinajstić information content (AvgIpc) is 3.55. The maximum Gasteiger partial charge on any atom is 0.408 e. The second-order valence-electron chi connectivity index (χ2n) is 10.5. The van der Waals surface area contributed by atoms with Gasteiger partial charge in [-0.15, -0.1) is 0 Å². The highest BCUT2D eigenvalue weighted by Crippen LogP contribution is 2.40. The number of H-pyrrole nitrogens is 1. The Balaban J connectivity index is 1.44. The van der Waals surface area contributed by atoms with E-state index in [4.69, 9.17) is 9.72 Å². The number of benzene rings is 1. The zero-order valence-electron chi connectivity index (χ0n) is 21.3. The van der Waals surface area contributed by atoms with Crippen molar-refractivity contribution in [3.05, 3.63) is 53.1 Å². The van der Waals surface area contributed by atoms with Crippen LogP contribution in [0.5, 0.6) is 0 Å². The van der Waals surface area contributed by atoms with Crippen LogP contribution in [0.15, 0.2) is 24.5 Å². The molecule has 10 nitrogen and oxygen atoms in total. The number of hydrogen-bond donors (Lipinski definition) is 2. The molecular formula is C25H31F2N7O3. The highest BCUT2D eigenvalue weighted by atomic mass is 19.1. The largest absolute Gasteiger partial charge is 0.465 e. The number of rotatable bonds is 5. The van der Waals surface area contributed by atoms with E-state index in [2.05, 4.69) is 24.6 Å². The average molecular weight is 516 g/mol. The molecule has 3 atom stereocenters. The van der Waals surface area contributed by atoms with Crippen LogP contribution < -0.4 is 0 Å². The van der Waals surface area contributed by atoms with Crippen molar-refractivity contribution in [3.63, 3.8) is 0 Å². The highest BCUT2D eigenvalue weighted by Gasteiger charge is 2.46. The van der Waals surface area contributed by atoms with Crippen LogP contribution >= 0.6 is 0 Å². The Morgan fingerprint density at radius 3 is 2.73 bits per heavy atom. The molecule has 0 aliphatic carbocycles. The number of aromatic amines is 1. The van der Waals surface area contributed by atoms with Crippen molar-refractivity contribution < 1.29 is 23.4 Å². The zero-order chi connectivity index (χ0) is 26.5. The van der Waals surface area contributed by atoms with Crippen molar-refractivity contribution in [2.24, 2.45) is 0 Å². The maximum atomic E-state index is 14.8. The molecule has 1 fully saturated rings. The van der Waals surface area contributed by atoms with Gasteiger partial charge in [0.2, 0.25) is 5.82 Å². The van der Waals surface area contributed by atoms with E-state index in [9.17, 15) is 18.7 Å². The Morgan fingerprint density at radius 2 is 2.08 bits per heavy atom. The fourth-order valence-electron chi connectivity index (χ4n) is 5.61. The quantitative estimate of drug-likeness (QED) is 0.529. The lowest BCUT2D eigenvalue weighted by Gasteiger charge is -2.48. The number of imidazole rings is 1. The first-order valence-electron chi connectivity index (χ1n) is 12.4. The number of hydrogen-bond acceptors (Lipinski definition) is 6. The van der Waals surface area contributed by atoms with Crippen LogP contribution in [0, 0.1) is 11.6 Å². The molecule has 4 heterocycles. The molecule has 2 aromatic heterocycles. The lowest BCUT2D eigenvalue weighted by atomic mass is 9.88. The second-order valence-corrected chi connectivity index (χ2v) is 10.5. The summed E-state index contributed by atoms with van der Waals surface area (Å²) in [6.45, 7) is 9.49. The van der Waals surface area contributed by atoms with Gasteiger partial charge < -0.3 is 14.4 Å². The molecule has 2 N–H and O–H groups in total. The van der Waals surface area contributed by atoms with Gasteiger partial charge in [-0.2, -0.15) is 5.10 Å². The molecule has 12 heteroatoms. The summed E-state index contributed by atoms with van der Waals surface area (Å²) < 4.78 is 37.2. The summed E-state index contributed by atoms with van der Waals surface area (Å²) in [6.07, 6.45) is -0.160. The number of aromatic nitrogens is 5. The van der Waals surface area contributed by atoms with E-state index >= 15 is 0 Å². The number of carboxylic acid groups (broad SMARTS) is 1. The van der Waals surface area contributed by atoms with Crippen molar-refractivity contribution in [1.29, 1.82) is 0 Å². The van der Waals surface area contributed by atoms with Crippen LogP contribution in [0.25, 0.3) is 11.6 Å². The van der Waals surface area contributed by atoms with Crippen molar-refractivity contribution >= 4 is 6.09 Å². The monoisotopic (exact) mass is 515 g/mol. The number of nitrogens with zero attached hydrogens (tertiary/aromatic N) is 6. The van der Waals surface area contributed by atoms with Gasteiger partial charge >= 0.3 is 6.09 Å². The summed E-state index contributed by atoms with van der Waals surface area (Å²) in [5, 5.41) is 17.0. The molecule has 0 unspecified atom stereocenters. The third kappa shape index (κ3) is 4.59. The molecule has 0 bridgehead atoms. The van der Waals surface area contributed by atoms with Gasteiger partial charge in [-0.1, -0.05) is 0 Å². The second kappa shape index (κ2) is 9.49. The van der Waals surface area contributed by atoms with Crippen molar-refractivity contribution in [2.45, 2.75) is 77.5 Å². The minimum atomic E-state index is -1.14. The molecule has 0 spiro atoms. The summed E-state index contributed by atoms with van der Waals surface area (Å²) in [7, 11) is 0. The summed E-state index contributed by atoms with van der Waals surface area (Å²) in [5.41, 5.74) is 1.22. The first-order valence-corrected chi connectivity index (χ1v) is 12.4. The molecule has 37 heavy (non-hydrogen) atoms. The van der Waals surface area contributed by atoms with Crippen LogP contribution in [-0.2, 0) is 24.4 Å². The molecule has 3 aromatic rings. The standard InChI is InChI=1S/C25H31F2N7O3/c1-5-33-20-11-32(10-18(20)30-23(33)22-28-13-29-31-22)15-9-19(34(24(35)36)25(2,3)4)21(37-12-15)16-8-14(26)6-7-17(16)27/h6-8,13,15,19,21H,5,9-12H2,1-4H3,(H,35,36)(H,28,29,31)/t15-,19+,21-/m1/s1. The number of halogens is 2. The van der Waals surface area contributed by atoms with E-state index in [0.29, 0.717) is 37.7 Å². The van der Waals surface area contributed by atoms with Crippen molar-refractivity contribution in [2.75, 3.05) is 6.61 Å². The number of amides is 1. The lowest BCUT2D eigenvalue weighted by molar-refractivity contribution is -0.103. The minimum Gasteiger partial charge on any atom is -0.465 e. The van der Waals surface area contributed by atoms with E-state index in [-0.39, 0.29) is 18.2 Å². The highest BCUT2D eigenvalue weighted by molar-refractivity contribution is 5.66. The molecule has 1 aromatic carbocycles. The molecule has 0 saturated carbocycles. The summed E-state index contributed by atoms with van der Waals surface area (Å²) in [4.78, 5) is 25.0. The number of nitrogens with one attached hydrogen (secondary N) is 1. The first-order chi connectivity index (χ1) is 17.6. The van der Waals surface area contributed by atoms with Gasteiger partial charge in [-0.05, 0) is 52.3 Å². The van der Waals surface area contributed by atoms with Crippen molar-refractivity contribution in [3.8, 4) is 11.6 Å². The molecular weight excluding hydrogens is 484 g/mol. The smallest absolute Gasteiger partial charge is 0.408 e. The normalized spacial score (nSPS) is 22.3. The van der Waals surface area contributed by atoms with E-state index in [1.807, 2.05) is 6.92 Å². The summed E-state index contributed by atoms with van der Waals surface area (Å²) in [6, 6.07) is 2.33. The molecule has 1 amide bonds. The minimum absolute atomic E-state index is 0.0268. The molecule has 5 rings (SSSR count). The molecule has 1 saturated heterocycles. The van der Waals surface area contributed by atoms with Crippen LogP contribution in [0.3, 0.4) is 0 Å². The Kier molecular flexibility index (Phi) is 6.48. The zero-order valence-corrected chi connectivity index (χ0v) is 21.3. The first kappa shape index (κ1) is 25.3. The number of carbonyl (C=O) groups is 1. The SMILES string of the molecule is CCn1c(-c2nc[nH]n2)nc2c1CN([C@H]1CO[C@H](c3cc(F)ccc3F)[C@@H](N(C(=O)O)C(C)(C)C)C1)C2. The number of fused-ring (bicyclic) bond motifs is 1. The van der Waals surface area contributed by atoms with E-state index in [0.717, 1.165) is 29.6 Å². The van der Waals surface area contributed by atoms with E-state index in [1.165, 1.54) is 11.2 Å². The maximum absolute atomic E-state index is 14.8. The van der Waals surface area contributed by atoms with Gasteiger partial charge in [0, 0.05) is 36.8 Å². The Labute approximate surface area is 213 Å². The summed E-state index contributed by atoms with van der Waals surface area (Å²) >= 11 is 0. The molecule has 2 aliphatic heterocycles. The Hall–Kier alpha value is -3.38. The molecule has 198 valence electrons. The summed E-state index contributed by atoms with van der Waals surface area (Å²) in [5.74, 6) is 0.0189. The predicted octanol–water partition coefficient (Wildman–Crippen LogP) is 3.96. The molecule has 2 aliphatic rings. The van der Waals surface area contributed by atoms with Gasteiger partial charge in [0.1, 0.15) is 24.1 Å². The third-order valence-corrected chi connectivity index (χ3v) is 7.17. The predicted molar refractivity (Wildman–Crippen MR) is 129 cm³/mol. The van der Waals surface area contributed by atoms with E-state index < -0.39 is 35.4 Å². The molecule has 0 radical (unpaired) electrons. The van der Waals surface area contributed by atoms with Gasteiger partial charge in [0.25, 0.3) is 0 Å². The number of ether oxygens (including phenoxy) is 1. The van der Waals surface area contributed by atoms with Gasteiger partial charge in [0.15, 0.2) is 5.82 Å². The topological polar surface area (TPSA) is 112 Å². The van der Waals surface area contributed by atoms with Gasteiger partial charge in [0.05, 0.1) is 24.0 Å². The van der Waals surface area contributed by atoms with Crippen molar-refractivity contribution in [1.82, 2.24) is 34.5 Å². The van der Waals surface area contributed by atoms with E-state index in [1.54, 1.807) is 20.8 Å². The van der Waals surface area contributed by atoms with Crippen LogP contribution in [0.1, 0.15) is 57.2 Å². The Morgan fingerprint density at radius 1 is 1.30 bits per heavy atom. The fraction of sp³-hybridized carbons (Fsp3) is 0.520. The van der Waals surface area contributed by atoms with Crippen LogP contribution in [-0.4, -0.2) is 70.0 Å². The fourth-order valence-corrected chi connectivity index (χ4v) is 5.61. The Bertz CT molecular complexity index is 1290. The van der Waals surface area contributed by atoms with Gasteiger partial charge in [-0.3, -0.25) is 14.9 Å².